The number of amides is 1. The molecule has 5 nitrogen and oxygen atoms in total. The second-order valence-electron chi connectivity index (χ2n) is 4.63. The number of rotatable bonds is 2. The van der Waals surface area contributed by atoms with Crippen LogP contribution in [-0.4, -0.2) is 46.4 Å². The quantitative estimate of drug-likeness (QED) is 0.775. The second-order valence-corrected chi connectivity index (χ2v) is 5.01. The SMILES string of the molecule is CC(C)CN1C(=S)NC(=O)C2=NC(C(F)(F)F)=NC21. The van der Waals surface area contributed by atoms with Crippen LogP contribution in [0.1, 0.15) is 13.8 Å². The molecule has 2 aliphatic heterocycles. The standard InChI is InChI=1S/C10H11F3N4OS/c1-4(2)3-17-6-5(7(18)16-9(17)19)14-8(15-6)10(11,12)13/h4,6H,3H2,1-2H3,(H,16,18,19). The molecule has 1 atom stereocenters. The first-order valence-electron chi connectivity index (χ1n) is 5.55. The lowest BCUT2D eigenvalue weighted by Crippen LogP contribution is -2.59. The molecule has 9 heteroatoms. The van der Waals surface area contributed by atoms with E-state index in [2.05, 4.69) is 15.3 Å². The summed E-state index contributed by atoms with van der Waals surface area (Å²) in [5.41, 5.74) is -0.262. The number of hydrogen-bond donors (Lipinski definition) is 1. The van der Waals surface area contributed by atoms with Gasteiger partial charge in [-0.25, -0.2) is 9.98 Å². The summed E-state index contributed by atoms with van der Waals surface area (Å²) in [7, 11) is 0. The van der Waals surface area contributed by atoms with Crippen molar-refractivity contribution in [1.29, 1.82) is 0 Å². The van der Waals surface area contributed by atoms with Crippen molar-refractivity contribution in [3.8, 4) is 0 Å². The molecular formula is C10H11F3N4OS. The van der Waals surface area contributed by atoms with Crippen molar-refractivity contribution >= 4 is 34.8 Å². The molecule has 0 radical (unpaired) electrons. The van der Waals surface area contributed by atoms with Gasteiger partial charge in [-0.1, -0.05) is 13.8 Å². The molecule has 1 fully saturated rings. The molecule has 1 saturated heterocycles. The number of halogens is 3. The summed E-state index contributed by atoms with van der Waals surface area (Å²) in [5.74, 6) is -1.86. The van der Waals surface area contributed by atoms with Crippen molar-refractivity contribution in [2.24, 2.45) is 15.9 Å². The van der Waals surface area contributed by atoms with E-state index in [0.717, 1.165) is 0 Å². The molecule has 0 aromatic rings. The predicted octanol–water partition coefficient (Wildman–Crippen LogP) is 1.10. The number of aliphatic imine (C=N–C) groups is 2. The van der Waals surface area contributed by atoms with Gasteiger partial charge in [0.2, 0.25) is 5.84 Å². The van der Waals surface area contributed by atoms with Gasteiger partial charge < -0.3 is 4.90 Å². The Bertz CT molecular complexity index is 497. The molecule has 0 spiro atoms. The Morgan fingerprint density at radius 2 is 2.11 bits per heavy atom. The molecule has 2 heterocycles. The lowest BCUT2D eigenvalue weighted by atomic mass is 10.1. The Morgan fingerprint density at radius 3 is 2.63 bits per heavy atom. The monoisotopic (exact) mass is 292 g/mol. The maximum Gasteiger partial charge on any atom is 0.451 e. The smallest absolute Gasteiger partial charge is 0.321 e. The van der Waals surface area contributed by atoms with E-state index in [4.69, 9.17) is 12.2 Å². The number of carbonyl (C=O) groups excluding carboxylic acids is 1. The highest BCUT2D eigenvalue weighted by atomic mass is 32.1. The van der Waals surface area contributed by atoms with E-state index >= 15 is 0 Å². The summed E-state index contributed by atoms with van der Waals surface area (Å²) in [6.45, 7) is 4.16. The fourth-order valence-corrected chi connectivity index (χ4v) is 2.09. The molecule has 2 rings (SSSR count). The van der Waals surface area contributed by atoms with E-state index in [1.54, 1.807) is 0 Å². The number of hydrogen-bond acceptors (Lipinski definition) is 4. The van der Waals surface area contributed by atoms with Crippen LogP contribution in [-0.2, 0) is 4.79 Å². The Kier molecular flexibility index (Phi) is 3.33. The van der Waals surface area contributed by atoms with Crippen molar-refractivity contribution in [2.45, 2.75) is 26.2 Å². The number of nitrogens with one attached hydrogen (secondary N) is 1. The van der Waals surface area contributed by atoms with Crippen LogP contribution in [0.5, 0.6) is 0 Å². The Labute approximate surface area is 112 Å². The Hall–Kier alpha value is -1.51. The topological polar surface area (TPSA) is 57.1 Å². The zero-order valence-electron chi connectivity index (χ0n) is 10.2. The van der Waals surface area contributed by atoms with Crippen LogP contribution in [0.15, 0.2) is 9.98 Å². The average molecular weight is 292 g/mol. The van der Waals surface area contributed by atoms with Gasteiger partial charge in [-0.3, -0.25) is 10.1 Å². The summed E-state index contributed by atoms with van der Waals surface area (Å²) in [6.07, 6.45) is -5.74. The largest absolute Gasteiger partial charge is 0.451 e. The zero-order chi connectivity index (χ0) is 14.4. The van der Waals surface area contributed by atoms with Crippen LogP contribution >= 0.6 is 12.2 Å². The molecule has 0 saturated carbocycles. The highest BCUT2D eigenvalue weighted by Crippen LogP contribution is 2.26. The summed E-state index contributed by atoms with van der Waals surface area (Å²) in [5, 5.41) is 2.40. The molecule has 0 aromatic carbocycles. The van der Waals surface area contributed by atoms with Gasteiger partial charge in [0, 0.05) is 6.54 Å². The summed E-state index contributed by atoms with van der Waals surface area (Å²) >= 11 is 4.97. The van der Waals surface area contributed by atoms with Gasteiger partial charge in [0.05, 0.1) is 0 Å². The highest BCUT2D eigenvalue weighted by molar-refractivity contribution is 7.80. The van der Waals surface area contributed by atoms with E-state index in [-0.39, 0.29) is 16.7 Å². The van der Waals surface area contributed by atoms with Gasteiger partial charge >= 0.3 is 6.18 Å². The van der Waals surface area contributed by atoms with Gasteiger partial charge in [-0.2, -0.15) is 13.2 Å². The van der Waals surface area contributed by atoms with Crippen LogP contribution in [0, 0.1) is 5.92 Å². The fraction of sp³-hybridized carbons (Fsp3) is 0.600. The Balaban J connectivity index is 2.36. The first-order chi connectivity index (χ1) is 8.70. The molecule has 1 unspecified atom stereocenters. The first kappa shape index (κ1) is 13.9. The molecule has 0 aliphatic carbocycles. The van der Waals surface area contributed by atoms with E-state index < -0.39 is 24.1 Å². The number of fused-ring (bicyclic) bond motifs is 1. The number of thiocarbonyl (C=S) groups is 1. The normalized spacial score (nSPS) is 23.3. The van der Waals surface area contributed by atoms with Gasteiger partial charge in [-0.05, 0) is 18.1 Å². The van der Waals surface area contributed by atoms with Crippen LogP contribution in [0.4, 0.5) is 13.2 Å². The average Bonchev–Trinajstić information content (AvgIpc) is 2.68. The minimum atomic E-state index is -4.67. The lowest BCUT2D eigenvalue weighted by molar-refractivity contribution is -0.114. The summed E-state index contributed by atoms with van der Waals surface area (Å²) < 4.78 is 37.8. The fourth-order valence-electron chi connectivity index (χ4n) is 1.82. The highest BCUT2D eigenvalue weighted by Gasteiger charge is 2.46. The number of nitrogens with zero attached hydrogens (tertiary/aromatic N) is 3. The second kappa shape index (κ2) is 4.55. The van der Waals surface area contributed by atoms with Crippen LogP contribution < -0.4 is 5.32 Å². The summed E-state index contributed by atoms with van der Waals surface area (Å²) in [4.78, 5) is 19.8. The number of alkyl halides is 3. The molecule has 0 bridgehead atoms. The van der Waals surface area contributed by atoms with E-state index in [1.165, 1.54) is 4.90 Å². The van der Waals surface area contributed by atoms with Crippen molar-refractivity contribution in [3.63, 3.8) is 0 Å². The minimum Gasteiger partial charge on any atom is -0.321 e. The maximum atomic E-state index is 12.6. The van der Waals surface area contributed by atoms with Gasteiger partial charge in [0.25, 0.3) is 5.91 Å². The van der Waals surface area contributed by atoms with Crippen molar-refractivity contribution in [3.05, 3.63) is 0 Å². The molecular weight excluding hydrogens is 281 g/mol. The molecule has 104 valence electrons. The van der Waals surface area contributed by atoms with E-state index in [0.29, 0.717) is 6.54 Å². The Morgan fingerprint density at radius 1 is 1.47 bits per heavy atom. The first-order valence-corrected chi connectivity index (χ1v) is 5.96. The van der Waals surface area contributed by atoms with Crippen molar-refractivity contribution in [2.75, 3.05) is 6.54 Å². The van der Waals surface area contributed by atoms with Gasteiger partial charge in [0.1, 0.15) is 0 Å². The van der Waals surface area contributed by atoms with E-state index in [9.17, 15) is 18.0 Å². The third kappa shape index (κ3) is 2.60. The molecule has 0 aromatic heterocycles. The molecule has 1 N–H and O–H groups in total. The minimum absolute atomic E-state index is 0.0785. The maximum absolute atomic E-state index is 12.6. The van der Waals surface area contributed by atoms with Crippen LogP contribution in [0.25, 0.3) is 0 Å². The van der Waals surface area contributed by atoms with Crippen LogP contribution in [0.3, 0.4) is 0 Å². The van der Waals surface area contributed by atoms with Gasteiger partial charge in [0.15, 0.2) is 17.0 Å². The molecule has 19 heavy (non-hydrogen) atoms. The third-order valence-corrected chi connectivity index (χ3v) is 2.88. The third-order valence-electron chi connectivity index (χ3n) is 2.54. The van der Waals surface area contributed by atoms with Crippen molar-refractivity contribution < 1.29 is 18.0 Å². The predicted molar refractivity (Wildman–Crippen MR) is 67.0 cm³/mol. The van der Waals surface area contributed by atoms with Crippen molar-refractivity contribution in [1.82, 2.24) is 10.2 Å². The van der Waals surface area contributed by atoms with Gasteiger partial charge in [-0.15, -0.1) is 0 Å². The molecule has 1 amide bonds. The van der Waals surface area contributed by atoms with Crippen LogP contribution in [0.2, 0.25) is 0 Å². The van der Waals surface area contributed by atoms with E-state index in [1.807, 2.05) is 13.8 Å². The number of amidine groups is 1. The number of carbonyl (C=O) groups is 1. The molecule has 2 aliphatic rings. The zero-order valence-corrected chi connectivity index (χ0v) is 11.0. The lowest BCUT2D eigenvalue weighted by Gasteiger charge is -2.34. The summed E-state index contributed by atoms with van der Waals surface area (Å²) in [6, 6.07) is 0.